The van der Waals surface area contributed by atoms with E-state index in [1.165, 1.54) is 11.3 Å². The van der Waals surface area contributed by atoms with Crippen LogP contribution in [-0.2, 0) is 0 Å². The van der Waals surface area contributed by atoms with Crippen molar-refractivity contribution in [2.75, 3.05) is 0 Å². The van der Waals surface area contributed by atoms with Crippen LogP contribution in [0.4, 0.5) is 0 Å². The van der Waals surface area contributed by atoms with E-state index in [1.54, 1.807) is 23.6 Å². The first kappa shape index (κ1) is 11.8. The molecule has 2 rings (SSSR count). The first-order valence-corrected chi connectivity index (χ1v) is 5.74. The second-order valence-electron chi connectivity index (χ2n) is 3.37. The SMILES string of the molecule is N#Cc1cn([C@@H](C#N)c2cccs2)c(=O)[nH]c1=O. The molecule has 0 saturated carbocycles. The van der Waals surface area contributed by atoms with Gasteiger partial charge in [0.1, 0.15) is 11.6 Å². The van der Waals surface area contributed by atoms with Crippen molar-refractivity contribution in [2.24, 2.45) is 0 Å². The Morgan fingerprint density at radius 1 is 1.39 bits per heavy atom. The maximum absolute atomic E-state index is 11.7. The monoisotopic (exact) mass is 258 g/mol. The highest BCUT2D eigenvalue weighted by atomic mass is 32.1. The Kier molecular flexibility index (Phi) is 3.09. The molecule has 0 amide bonds. The fraction of sp³-hybridized carbons (Fsp3) is 0.0909. The van der Waals surface area contributed by atoms with Crippen LogP contribution in [0.3, 0.4) is 0 Å². The molecule has 2 aromatic heterocycles. The maximum atomic E-state index is 11.7. The van der Waals surface area contributed by atoms with Crippen LogP contribution < -0.4 is 11.2 Å². The van der Waals surface area contributed by atoms with E-state index in [2.05, 4.69) is 0 Å². The molecule has 1 atom stereocenters. The van der Waals surface area contributed by atoms with Gasteiger partial charge in [0.2, 0.25) is 0 Å². The first-order chi connectivity index (χ1) is 8.67. The largest absolute Gasteiger partial charge is 0.329 e. The second kappa shape index (κ2) is 4.70. The molecular weight excluding hydrogens is 252 g/mol. The number of aromatic amines is 1. The van der Waals surface area contributed by atoms with Gasteiger partial charge in [-0.3, -0.25) is 14.3 Å². The summed E-state index contributed by atoms with van der Waals surface area (Å²) in [6, 6.07) is 6.27. The summed E-state index contributed by atoms with van der Waals surface area (Å²) >= 11 is 1.32. The fourth-order valence-electron chi connectivity index (χ4n) is 1.47. The summed E-state index contributed by atoms with van der Waals surface area (Å²) in [4.78, 5) is 25.6. The first-order valence-electron chi connectivity index (χ1n) is 4.86. The van der Waals surface area contributed by atoms with Gasteiger partial charge in [0.05, 0.1) is 6.07 Å². The van der Waals surface area contributed by atoms with Crippen LogP contribution in [0.2, 0.25) is 0 Å². The van der Waals surface area contributed by atoms with Gasteiger partial charge >= 0.3 is 5.69 Å². The second-order valence-corrected chi connectivity index (χ2v) is 4.35. The van der Waals surface area contributed by atoms with E-state index in [1.807, 2.05) is 11.1 Å². The maximum Gasteiger partial charge on any atom is 0.329 e. The van der Waals surface area contributed by atoms with E-state index < -0.39 is 17.3 Å². The standard InChI is InChI=1S/C11H6N4O2S/c12-4-7-6-15(11(17)14-10(7)16)8(5-13)9-2-1-3-18-9/h1-3,6,8H,(H,14,16,17)/t8-/m0/s1. The molecule has 0 spiro atoms. The average molecular weight is 258 g/mol. The predicted molar refractivity (Wildman–Crippen MR) is 64.1 cm³/mol. The van der Waals surface area contributed by atoms with E-state index in [4.69, 9.17) is 10.5 Å². The number of hydrogen-bond donors (Lipinski definition) is 1. The highest BCUT2D eigenvalue weighted by molar-refractivity contribution is 7.10. The summed E-state index contributed by atoms with van der Waals surface area (Å²) in [5, 5.41) is 19.7. The third-order valence-corrected chi connectivity index (χ3v) is 3.23. The molecule has 0 bridgehead atoms. The van der Waals surface area contributed by atoms with Crippen LogP contribution in [0.1, 0.15) is 16.5 Å². The lowest BCUT2D eigenvalue weighted by Gasteiger charge is -2.10. The molecule has 0 radical (unpaired) electrons. The Morgan fingerprint density at radius 3 is 2.72 bits per heavy atom. The van der Waals surface area contributed by atoms with Gasteiger partial charge in [0.25, 0.3) is 5.56 Å². The van der Waals surface area contributed by atoms with Gasteiger partial charge in [-0.2, -0.15) is 10.5 Å². The van der Waals surface area contributed by atoms with E-state index >= 15 is 0 Å². The van der Waals surface area contributed by atoms with Gasteiger partial charge in [-0.05, 0) is 11.4 Å². The highest BCUT2D eigenvalue weighted by Gasteiger charge is 2.17. The molecule has 0 aliphatic rings. The number of nitriles is 2. The van der Waals surface area contributed by atoms with E-state index in [0.717, 1.165) is 10.8 Å². The van der Waals surface area contributed by atoms with Crippen molar-refractivity contribution in [3.05, 3.63) is 55.0 Å². The van der Waals surface area contributed by atoms with Gasteiger partial charge in [-0.1, -0.05) is 6.07 Å². The van der Waals surface area contributed by atoms with Crippen LogP contribution in [0.25, 0.3) is 0 Å². The molecule has 0 unspecified atom stereocenters. The smallest absolute Gasteiger partial charge is 0.278 e. The molecule has 0 aromatic carbocycles. The summed E-state index contributed by atoms with van der Waals surface area (Å²) in [6.45, 7) is 0. The van der Waals surface area contributed by atoms with Crippen LogP contribution in [-0.4, -0.2) is 9.55 Å². The summed E-state index contributed by atoms with van der Waals surface area (Å²) in [5.41, 5.74) is -1.66. The Labute approximate surface area is 105 Å². The van der Waals surface area contributed by atoms with Crippen LogP contribution in [0.15, 0.2) is 33.3 Å². The summed E-state index contributed by atoms with van der Waals surface area (Å²) in [5.74, 6) is 0. The summed E-state index contributed by atoms with van der Waals surface area (Å²) < 4.78 is 1.05. The third kappa shape index (κ3) is 1.95. The van der Waals surface area contributed by atoms with E-state index in [0.29, 0.717) is 4.88 Å². The lowest BCUT2D eigenvalue weighted by Crippen LogP contribution is -2.33. The normalized spacial score (nSPS) is 11.4. The van der Waals surface area contributed by atoms with Crippen molar-refractivity contribution in [3.63, 3.8) is 0 Å². The molecular formula is C11H6N4O2S. The van der Waals surface area contributed by atoms with Crippen molar-refractivity contribution in [1.29, 1.82) is 10.5 Å². The van der Waals surface area contributed by atoms with Crippen molar-refractivity contribution in [1.82, 2.24) is 9.55 Å². The quantitative estimate of drug-likeness (QED) is 0.851. The van der Waals surface area contributed by atoms with E-state index in [-0.39, 0.29) is 5.56 Å². The van der Waals surface area contributed by atoms with Gasteiger partial charge < -0.3 is 0 Å². The molecule has 7 heteroatoms. The fourth-order valence-corrected chi connectivity index (χ4v) is 2.23. The molecule has 1 N–H and O–H groups in total. The summed E-state index contributed by atoms with van der Waals surface area (Å²) in [7, 11) is 0. The third-order valence-electron chi connectivity index (χ3n) is 2.30. The van der Waals surface area contributed by atoms with E-state index in [9.17, 15) is 9.59 Å². The molecule has 6 nitrogen and oxygen atoms in total. The van der Waals surface area contributed by atoms with Crippen molar-refractivity contribution in [3.8, 4) is 12.1 Å². The number of rotatable bonds is 2. The topological polar surface area (TPSA) is 102 Å². The molecule has 0 saturated heterocycles. The van der Waals surface area contributed by atoms with Crippen molar-refractivity contribution in [2.45, 2.75) is 6.04 Å². The van der Waals surface area contributed by atoms with Gasteiger partial charge in [-0.15, -0.1) is 11.3 Å². The zero-order valence-corrected chi connectivity index (χ0v) is 9.77. The predicted octanol–water partition coefficient (Wildman–Crippen LogP) is 0.583. The number of H-pyrrole nitrogens is 1. The number of thiophene rings is 1. The molecule has 2 aromatic rings. The lowest BCUT2D eigenvalue weighted by molar-refractivity contribution is 0.660. The minimum absolute atomic E-state index is 0.202. The number of aromatic nitrogens is 2. The molecule has 88 valence electrons. The Hall–Kier alpha value is -2.64. The Morgan fingerprint density at radius 2 is 2.17 bits per heavy atom. The van der Waals surface area contributed by atoms with Gasteiger partial charge in [0, 0.05) is 11.1 Å². The lowest BCUT2D eigenvalue weighted by atomic mass is 10.2. The minimum Gasteiger partial charge on any atom is -0.278 e. The van der Waals surface area contributed by atoms with Gasteiger partial charge in [-0.25, -0.2) is 4.79 Å². The minimum atomic E-state index is -0.846. The number of nitrogens with zero attached hydrogens (tertiary/aromatic N) is 3. The molecule has 0 aliphatic carbocycles. The Balaban J connectivity index is 2.65. The molecule has 0 fully saturated rings. The average Bonchev–Trinajstić information content (AvgIpc) is 2.86. The van der Waals surface area contributed by atoms with Crippen molar-refractivity contribution < 1.29 is 0 Å². The number of hydrogen-bond acceptors (Lipinski definition) is 5. The molecule has 2 heterocycles. The molecule has 0 aliphatic heterocycles. The highest BCUT2D eigenvalue weighted by Crippen LogP contribution is 2.20. The zero-order valence-electron chi connectivity index (χ0n) is 8.95. The van der Waals surface area contributed by atoms with Crippen molar-refractivity contribution >= 4 is 11.3 Å². The van der Waals surface area contributed by atoms with Crippen LogP contribution in [0, 0.1) is 22.7 Å². The van der Waals surface area contributed by atoms with Crippen LogP contribution >= 0.6 is 11.3 Å². The van der Waals surface area contributed by atoms with Gasteiger partial charge in [0.15, 0.2) is 6.04 Å². The summed E-state index contributed by atoms with van der Waals surface area (Å²) in [6.07, 6.45) is 1.11. The number of nitrogens with one attached hydrogen (secondary N) is 1. The zero-order chi connectivity index (χ0) is 13.1. The molecule has 18 heavy (non-hydrogen) atoms. The van der Waals surface area contributed by atoms with Crippen LogP contribution in [0.5, 0.6) is 0 Å². The Bertz CT molecular complexity index is 758.